The van der Waals surface area contributed by atoms with Gasteiger partial charge in [-0.3, -0.25) is 4.79 Å². The number of fused-ring (bicyclic) bond motifs is 1. The molecular weight excluding hydrogens is 336 g/mol. The van der Waals surface area contributed by atoms with Gasteiger partial charge in [0.2, 0.25) is 9.84 Å². The fourth-order valence-electron chi connectivity index (χ4n) is 2.33. The molecule has 0 unspecified atom stereocenters. The third-order valence-electron chi connectivity index (χ3n) is 3.43. The molecule has 0 saturated heterocycles. The molecule has 0 radical (unpaired) electrons. The van der Waals surface area contributed by atoms with E-state index in [1.54, 1.807) is 26.0 Å². The van der Waals surface area contributed by atoms with E-state index in [0.29, 0.717) is 16.7 Å². The number of oxime groups is 1. The summed E-state index contributed by atoms with van der Waals surface area (Å²) >= 11 is 0. The molecule has 2 aromatic rings. The van der Waals surface area contributed by atoms with Crippen molar-refractivity contribution in [2.75, 3.05) is 0 Å². The van der Waals surface area contributed by atoms with Crippen LogP contribution >= 0.6 is 0 Å². The van der Waals surface area contributed by atoms with Crippen LogP contribution in [0, 0.1) is 0 Å². The van der Waals surface area contributed by atoms with Crippen molar-refractivity contribution in [3.8, 4) is 5.75 Å². The van der Waals surface area contributed by atoms with Gasteiger partial charge in [0, 0.05) is 18.7 Å². The van der Waals surface area contributed by atoms with Crippen molar-refractivity contribution in [2.45, 2.75) is 38.5 Å². The van der Waals surface area contributed by atoms with E-state index < -0.39 is 21.4 Å². The Kier molecular flexibility index (Phi) is 3.83. The third-order valence-corrected chi connectivity index (χ3v) is 5.03. The van der Waals surface area contributed by atoms with Gasteiger partial charge in [0.25, 0.3) is 0 Å². The Hall–Kier alpha value is -2.42. The molecule has 0 N–H and O–H groups in total. The van der Waals surface area contributed by atoms with Gasteiger partial charge in [-0.25, -0.2) is 8.42 Å². The predicted molar refractivity (Wildman–Crippen MR) is 85.2 cm³/mol. The highest BCUT2D eigenvalue weighted by atomic mass is 32.2. The van der Waals surface area contributed by atoms with Gasteiger partial charge in [-0.1, -0.05) is 10.3 Å². The lowest BCUT2D eigenvalue weighted by atomic mass is 10.1. The first kappa shape index (κ1) is 16.4. The average Bonchev–Trinajstić information content (AvgIpc) is 3.02. The SMILES string of the molecule is CC(=O)Oc1ccc2onc(CS(=O)(=O)C3=NOC(C)(C)C3)c2c1. The Morgan fingerprint density at radius 2 is 2.12 bits per heavy atom. The second-order valence-electron chi connectivity index (χ2n) is 6.15. The highest BCUT2D eigenvalue weighted by molar-refractivity contribution is 8.05. The minimum Gasteiger partial charge on any atom is -0.427 e. The zero-order valence-electron chi connectivity index (χ0n) is 13.4. The number of aromatic nitrogens is 1. The van der Waals surface area contributed by atoms with Crippen LogP contribution in [0.5, 0.6) is 5.75 Å². The van der Waals surface area contributed by atoms with Crippen molar-refractivity contribution in [1.82, 2.24) is 5.16 Å². The topological polar surface area (TPSA) is 108 Å². The second kappa shape index (κ2) is 5.59. The lowest BCUT2D eigenvalue weighted by molar-refractivity contribution is -0.131. The maximum absolute atomic E-state index is 12.5. The average molecular weight is 352 g/mol. The second-order valence-corrected chi connectivity index (χ2v) is 8.14. The minimum atomic E-state index is -3.69. The Bertz CT molecular complexity index is 942. The number of hydrogen-bond donors (Lipinski definition) is 0. The smallest absolute Gasteiger partial charge is 0.308 e. The van der Waals surface area contributed by atoms with Gasteiger partial charge >= 0.3 is 5.97 Å². The van der Waals surface area contributed by atoms with Gasteiger partial charge in [0.05, 0.1) is 0 Å². The molecule has 0 bridgehead atoms. The van der Waals surface area contributed by atoms with Crippen LogP contribution in [0.25, 0.3) is 11.0 Å². The standard InChI is InChI=1S/C15H16N2O6S/c1-9(18)21-10-4-5-13-11(6-10)12(16-22-13)8-24(19,20)14-7-15(2,3)23-17-14/h4-6H,7-8H2,1-3H3. The Morgan fingerprint density at radius 3 is 2.75 bits per heavy atom. The first-order valence-corrected chi connectivity index (χ1v) is 8.86. The molecule has 9 heteroatoms. The lowest BCUT2D eigenvalue weighted by Gasteiger charge is -2.13. The fourth-order valence-corrected chi connectivity index (χ4v) is 3.79. The van der Waals surface area contributed by atoms with Gasteiger partial charge in [-0.2, -0.15) is 0 Å². The summed E-state index contributed by atoms with van der Waals surface area (Å²) in [5.74, 6) is -0.555. The molecule has 24 heavy (non-hydrogen) atoms. The van der Waals surface area contributed by atoms with Crippen LogP contribution in [0.2, 0.25) is 0 Å². The molecule has 2 heterocycles. The summed E-state index contributed by atoms with van der Waals surface area (Å²) in [6.45, 7) is 4.80. The number of carbonyl (C=O) groups is 1. The summed E-state index contributed by atoms with van der Waals surface area (Å²) in [5, 5.41) is 7.95. The molecule has 1 aliphatic rings. The molecular formula is C15H16N2O6S. The van der Waals surface area contributed by atoms with Crippen LogP contribution in [0.4, 0.5) is 0 Å². The molecule has 1 aliphatic heterocycles. The number of ether oxygens (including phenoxy) is 1. The maximum Gasteiger partial charge on any atom is 0.308 e. The zero-order valence-corrected chi connectivity index (χ0v) is 14.2. The van der Waals surface area contributed by atoms with Crippen LogP contribution in [-0.4, -0.2) is 30.2 Å². The highest BCUT2D eigenvalue weighted by Gasteiger charge is 2.36. The molecule has 1 aromatic heterocycles. The molecule has 3 rings (SSSR count). The van der Waals surface area contributed by atoms with Gasteiger partial charge in [-0.05, 0) is 32.0 Å². The van der Waals surface area contributed by atoms with Crippen LogP contribution in [-0.2, 0) is 25.2 Å². The number of nitrogens with zero attached hydrogens (tertiary/aromatic N) is 2. The number of esters is 1. The third kappa shape index (κ3) is 3.25. The summed E-state index contributed by atoms with van der Waals surface area (Å²) in [7, 11) is -3.69. The number of hydrogen-bond acceptors (Lipinski definition) is 8. The summed E-state index contributed by atoms with van der Waals surface area (Å²) in [6, 6.07) is 4.63. The molecule has 0 amide bonds. The van der Waals surface area contributed by atoms with E-state index in [1.807, 2.05) is 0 Å². The van der Waals surface area contributed by atoms with Crippen molar-refractivity contribution in [1.29, 1.82) is 0 Å². The van der Waals surface area contributed by atoms with E-state index in [0.717, 1.165) is 0 Å². The van der Waals surface area contributed by atoms with Crippen LogP contribution in [0.1, 0.15) is 32.9 Å². The van der Waals surface area contributed by atoms with E-state index in [-0.39, 0.29) is 22.9 Å². The maximum atomic E-state index is 12.5. The summed E-state index contributed by atoms with van der Waals surface area (Å²) in [4.78, 5) is 16.2. The van der Waals surface area contributed by atoms with Gasteiger partial charge < -0.3 is 14.1 Å². The predicted octanol–water partition coefficient (Wildman–Crippen LogP) is 2.18. The summed E-state index contributed by atoms with van der Waals surface area (Å²) < 4.78 is 35.2. The van der Waals surface area contributed by atoms with Crippen molar-refractivity contribution in [3.05, 3.63) is 23.9 Å². The molecule has 8 nitrogen and oxygen atoms in total. The lowest BCUT2D eigenvalue weighted by Crippen LogP contribution is -2.23. The van der Waals surface area contributed by atoms with E-state index in [4.69, 9.17) is 14.1 Å². The van der Waals surface area contributed by atoms with Crippen LogP contribution < -0.4 is 4.74 Å². The van der Waals surface area contributed by atoms with E-state index in [2.05, 4.69) is 10.3 Å². The normalized spacial score (nSPS) is 16.7. The highest BCUT2D eigenvalue weighted by Crippen LogP contribution is 2.29. The Morgan fingerprint density at radius 1 is 1.38 bits per heavy atom. The monoisotopic (exact) mass is 352 g/mol. The van der Waals surface area contributed by atoms with Crippen molar-refractivity contribution in [3.63, 3.8) is 0 Å². The Labute approximate surface area is 138 Å². The first-order chi connectivity index (χ1) is 11.2. The molecule has 0 spiro atoms. The Balaban J connectivity index is 1.91. The van der Waals surface area contributed by atoms with Gasteiger partial charge in [0.15, 0.2) is 10.6 Å². The van der Waals surface area contributed by atoms with Gasteiger partial charge in [0.1, 0.15) is 22.8 Å². The molecule has 1 aromatic carbocycles. The minimum absolute atomic E-state index is 0.0141. The van der Waals surface area contributed by atoms with E-state index in [1.165, 1.54) is 13.0 Å². The summed E-state index contributed by atoms with van der Waals surface area (Å²) in [5.41, 5.74) is -0.0102. The largest absolute Gasteiger partial charge is 0.427 e. The number of benzene rings is 1. The molecule has 0 atom stereocenters. The van der Waals surface area contributed by atoms with Gasteiger partial charge in [-0.15, -0.1) is 0 Å². The van der Waals surface area contributed by atoms with E-state index in [9.17, 15) is 13.2 Å². The van der Waals surface area contributed by atoms with Crippen molar-refractivity contribution in [2.24, 2.45) is 5.16 Å². The van der Waals surface area contributed by atoms with Crippen LogP contribution in [0.15, 0.2) is 27.9 Å². The number of carbonyl (C=O) groups excluding carboxylic acids is 1. The quantitative estimate of drug-likeness (QED) is 0.615. The zero-order chi connectivity index (χ0) is 17.5. The molecule has 128 valence electrons. The number of sulfone groups is 1. The molecule has 0 fully saturated rings. The van der Waals surface area contributed by atoms with Crippen LogP contribution in [0.3, 0.4) is 0 Å². The van der Waals surface area contributed by atoms with E-state index >= 15 is 0 Å². The van der Waals surface area contributed by atoms with Crippen molar-refractivity contribution >= 4 is 31.8 Å². The molecule has 0 aliphatic carbocycles. The fraction of sp³-hybridized carbons (Fsp3) is 0.400. The molecule has 0 saturated carbocycles. The van der Waals surface area contributed by atoms with Crippen molar-refractivity contribution < 1.29 is 27.3 Å². The summed E-state index contributed by atoms with van der Waals surface area (Å²) in [6.07, 6.45) is 0.198. The first-order valence-electron chi connectivity index (χ1n) is 7.21. The number of rotatable bonds is 3.